The molecule has 0 unspecified atom stereocenters. The SMILES string of the molecule is [2H]c1c([2H])c([2H])c(-c2cc(-c3c([2H])c([2H])c([2H])c([2H])c3[2H])cc(-c3c4ccccc4c(-c4cccc5oc6ccc(-c7c([2H])c([2H])c([2H])c([2H])c7[2H])cc6c45)c4ccccc34)c2)c([2H])c1[2H]. The fourth-order valence-corrected chi connectivity index (χ4v) is 7.16. The Balaban J connectivity index is 1.30. The van der Waals surface area contributed by atoms with Crippen LogP contribution in [0.15, 0.2) is 198 Å². The summed E-state index contributed by atoms with van der Waals surface area (Å²) in [5, 5.41) is 4.41. The number of fused-ring (bicyclic) bond motifs is 5. The summed E-state index contributed by atoms with van der Waals surface area (Å²) < 4.78 is 135. The van der Waals surface area contributed by atoms with Crippen molar-refractivity contribution in [3.05, 3.63) is 194 Å². The zero-order valence-electron chi connectivity index (χ0n) is 41.7. The minimum atomic E-state index is -0.575. The molecular formula is C50H32O. The standard InChI is InChI=1S/C50H32O/c1-4-15-33(16-5-1)36-27-28-46-45(32-36)50-44(25-14-26-47(50)51-46)49-42-23-12-10-21-40(42)48(41-22-11-13-24-43(41)49)39-30-37(34-17-6-2-7-18-34)29-38(31-39)35-19-8-3-9-20-35/h1-32H/i1D,2D,3D,4D,5D,6D,7D,8D,9D,15D,16D,17D,18D,19D,20D. The molecule has 1 nitrogen and oxygen atoms in total. The second-order valence-electron chi connectivity index (χ2n) is 12.1. The van der Waals surface area contributed by atoms with Crippen molar-refractivity contribution < 1.29 is 25.0 Å². The molecule has 1 heterocycles. The highest BCUT2D eigenvalue weighted by molar-refractivity contribution is 6.26. The lowest BCUT2D eigenvalue weighted by molar-refractivity contribution is 0.669. The van der Waals surface area contributed by atoms with Crippen molar-refractivity contribution in [2.45, 2.75) is 0 Å². The Morgan fingerprint density at radius 3 is 1.37 bits per heavy atom. The predicted octanol–water partition coefficient (Wildman–Crippen LogP) is 14.2. The molecule has 0 amide bonds. The molecule has 9 aromatic carbocycles. The first-order chi connectivity index (χ1) is 31.5. The molecule has 51 heavy (non-hydrogen) atoms. The van der Waals surface area contributed by atoms with Gasteiger partial charge in [0.15, 0.2) is 0 Å². The van der Waals surface area contributed by atoms with E-state index in [0.29, 0.717) is 33.2 Å². The molecule has 0 radical (unpaired) electrons. The number of furan rings is 1. The van der Waals surface area contributed by atoms with Crippen molar-refractivity contribution in [2.24, 2.45) is 0 Å². The molecule has 0 aliphatic carbocycles. The molecule has 10 aromatic rings. The molecule has 238 valence electrons. The number of rotatable bonds is 5. The predicted molar refractivity (Wildman–Crippen MR) is 216 cm³/mol. The third-order valence-corrected chi connectivity index (χ3v) is 9.28. The summed E-state index contributed by atoms with van der Waals surface area (Å²) in [5.41, 5.74) is 4.38. The van der Waals surface area contributed by atoms with E-state index in [1.807, 2.05) is 66.7 Å². The van der Waals surface area contributed by atoms with Gasteiger partial charge >= 0.3 is 0 Å². The summed E-state index contributed by atoms with van der Waals surface area (Å²) in [6.45, 7) is 0. The smallest absolute Gasteiger partial charge is 0.136 e. The first-order valence-electron chi connectivity index (χ1n) is 23.8. The normalized spacial score (nSPS) is 15.6. The van der Waals surface area contributed by atoms with Crippen molar-refractivity contribution in [3.63, 3.8) is 0 Å². The van der Waals surface area contributed by atoms with Crippen LogP contribution in [0, 0.1) is 0 Å². The van der Waals surface area contributed by atoms with Crippen LogP contribution in [0.25, 0.3) is 99.1 Å². The molecule has 10 rings (SSSR count). The third-order valence-electron chi connectivity index (χ3n) is 9.28. The minimum Gasteiger partial charge on any atom is -0.456 e. The van der Waals surface area contributed by atoms with Crippen LogP contribution >= 0.6 is 0 Å². The summed E-state index contributed by atoms with van der Waals surface area (Å²) in [4.78, 5) is 0. The average Bonchev–Trinajstić information content (AvgIpc) is 3.70. The van der Waals surface area contributed by atoms with E-state index in [2.05, 4.69) is 0 Å². The van der Waals surface area contributed by atoms with E-state index in [-0.39, 0.29) is 39.9 Å². The van der Waals surface area contributed by atoms with Gasteiger partial charge in [0, 0.05) is 10.8 Å². The largest absolute Gasteiger partial charge is 0.456 e. The van der Waals surface area contributed by atoms with Crippen LogP contribution in [0.3, 0.4) is 0 Å². The van der Waals surface area contributed by atoms with Gasteiger partial charge in [0.2, 0.25) is 0 Å². The van der Waals surface area contributed by atoms with Gasteiger partial charge in [-0.3, -0.25) is 0 Å². The molecular weight excluding hydrogens is 617 g/mol. The molecule has 0 aliphatic heterocycles. The molecule has 0 N–H and O–H groups in total. The highest BCUT2D eigenvalue weighted by Gasteiger charge is 2.21. The van der Waals surface area contributed by atoms with Crippen LogP contribution in [-0.2, 0) is 0 Å². The van der Waals surface area contributed by atoms with Gasteiger partial charge in [-0.05, 0) is 114 Å². The Morgan fingerprint density at radius 2 is 0.824 bits per heavy atom. The van der Waals surface area contributed by atoms with Crippen LogP contribution in [-0.4, -0.2) is 0 Å². The van der Waals surface area contributed by atoms with Crippen LogP contribution in [0.2, 0.25) is 0 Å². The second-order valence-corrected chi connectivity index (χ2v) is 12.1. The fraction of sp³-hybridized carbons (Fsp3) is 0. The van der Waals surface area contributed by atoms with E-state index >= 15 is 0 Å². The van der Waals surface area contributed by atoms with Crippen molar-refractivity contribution in [1.29, 1.82) is 0 Å². The zero-order valence-corrected chi connectivity index (χ0v) is 26.7. The number of hydrogen-bond acceptors (Lipinski definition) is 1. The topological polar surface area (TPSA) is 13.1 Å². The van der Waals surface area contributed by atoms with Crippen molar-refractivity contribution >= 4 is 43.5 Å². The monoisotopic (exact) mass is 663 g/mol. The Morgan fingerprint density at radius 1 is 0.333 bits per heavy atom. The first-order valence-corrected chi connectivity index (χ1v) is 16.3. The maximum Gasteiger partial charge on any atom is 0.136 e. The van der Waals surface area contributed by atoms with Crippen LogP contribution in [0.5, 0.6) is 0 Å². The van der Waals surface area contributed by atoms with Crippen molar-refractivity contribution in [1.82, 2.24) is 0 Å². The van der Waals surface area contributed by atoms with Gasteiger partial charge in [0.1, 0.15) is 11.2 Å². The Labute approximate surface area is 317 Å². The van der Waals surface area contributed by atoms with Gasteiger partial charge < -0.3 is 4.42 Å². The Hall–Kier alpha value is -6.70. The van der Waals surface area contributed by atoms with Crippen molar-refractivity contribution in [2.75, 3.05) is 0 Å². The first kappa shape index (κ1) is 17.8. The minimum absolute atomic E-state index is 0.0591. The third kappa shape index (κ3) is 4.94. The molecule has 0 fully saturated rings. The van der Waals surface area contributed by atoms with Gasteiger partial charge in [-0.1, -0.05) is 157 Å². The highest BCUT2D eigenvalue weighted by atomic mass is 16.3. The highest BCUT2D eigenvalue weighted by Crippen LogP contribution is 2.48. The van der Waals surface area contributed by atoms with E-state index in [9.17, 15) is 0 Å². The quantitative estimate of drug-likeness (QED) is 0.167. The molecule has 0 aliphatic rings. The molecule has 0 spiro atoms. The summed E-state index contributed by atoms with van der Waals surface area (Å²) in [6.07, 6.45) is 0. The van der Waals surface area contributed by atoms with E-state index in [4.69, 9.17) is 25.0 Å². The Kier molecular flexibility index (Phi) is 4.19. The summed E-state index contributed by atoms with van der Waals surface area (Å²) >= 11 is 0. The lowest BCUT2D eigenvalue weighted by Crippen LogP contribution is -1.92. The molecule has 1 aromatic heterocycles. The van der Waals surface area contributed by atoms with E-state index in [0.717, 1.165) is 38.1 Å². The van der Waals surface area contributed by atoms with Gasteiger partial charge in [-0.15, -0.1) is 0 Å². The summed E-state index contributed by atoms with van der Waals surface area (Å²) in [7, 11) is 0. The second kappa shape index (κ2) is 12.0. The fourth-order valence-electron chi connectivity index (χ4n) is 7.16. The Bertz CT molecular complexity index is 3550. The lowest BCUT2D eigenvalue weighted by atomic mass is 9.83. The zero-order chi connectivity index (χ0) is 46.8. The van der Waals surface area contributed by atoms with E-state index < -0.39 is 78.6 Å². The molecule has 0 bridgehead atoms. The summed E-state index contributed by atoms with van der Waals surface area (Å²) in [6, 6.07) is 23.9. The molecule has 0 saturated heterocycles. The van der Waals surface area contributed by atoms with Gasteiger partial charge in [-0.25, -0.2) is 0 Å². The number of hydrogen-bond donors (Lipinski definition) is 0. The molecule has 0 saturated carbocycles. The maximum absolute atomic E-state index is 8.93. The number of benzene rings is 9. The lowest BCUT2D eigenvalue weighted by Gasteiger charge is -2.19. The van der Waals surface area contributed by atoms with Crippen LogP contribution in [0.4, 0.5) is 0 Å². The van der Waals surface area contributed by atoms with E-state index in [1.165, 1.54) is 6.07 Å². The molecule has 1 heteroatoms. The van der Waals surface area contributed by atoms with Crippen LogP contribution in [0.1, 0.15) is 20.6 Å². The maximum atomic E-state index is 8.93. The van der Waals surface area contributed by atoms with Gasteiger partial charge in [0.05, 0.1) is 20.6 Å². The van der Waals surface area contributed by atoms with Crippen LogP contribution < -0.4 is 0 Å². The van der Waals surface area contributed by atoms with Gasteiger partial charge in [0.25, 0.3) is 0 Å². The molecule has 0 atom stereocenters. The van der Waals surface area contributed by atoms with E-state index in [1.54, 1.807) is 30.3 Å². The van der Waals surface area contributed by atoms with Crippen molar-refractivity contribution in [3.8, 4) is 55.6 Å². The summed E-state index contributed by atoms with van der Waals surface area (Å²) in [5.74, 6) is 0. The average molecular weight is 664 g/mol. The van der Waals surface area contributed by atoms with Gasteiger partial charge in [-0.2, -0.15) is 0 Å².